The van der Waals surface area contributed by atoms with Gasteiger partial charge in [-0.3, -0.25) is 5.32 Å². The molecule has 0 saturated carbocycles. The summed E-state index contributed by atoms with van der Waals surface area (Å²) < 4.78 is 9.59. The molecule has 1 aromatic rings. The number of hydrogen-bond donors (Lipinski definition) is 2. The van der Waals surface area contributed by atoms with Gasteiger partial charge in [0.15, 0.2) is 6.10 Å². The third kappa shape index (κ3) is 5.91. The fourth-order valence-corrected chi connectivity index (χ4v) is 1.82. The van der Waals surface area contributed by atoms with Crippen LogP contribution in [0, 0.1) is 0 Å². The van der Waals surface area contributed by atoms with E-state index < -0.39 is 23.8 Å². The van der Waals surface area contributed by atoms with Gasteiger partial charge in [-0.1, -0.05) is 17.7 Å². The fraction of sp³-hybridized carbons (Fsp3) is 0.467. The lowest BCUT2D eigenvalue weighted by atomic mass is 10.1. The van der Waals surface area contributed by atoms with Gasteiger partial charge in [-0.25, -0.2) is 9.59 Å². The van der Waals surface area contributed by atoms with Crippen LogP contribution in [0.2, 0.25) is 5.02 Å². The Labute approximate surface area is 134 Å². The summed E-state index contributed by atoms with van der Waals surface area (Å²) >= 11 is 6.01. The van der Waals surface area contributed by atoms with E-state index in [1.807, 2.05) is 0 Å². The van der Waals surface area contributed by atoms with Crippen molar-refractivity contribution >= 4 is 29.4 Å². The highest BCUT2D eigenvalue weighted by molar-refractivity contribution is 6.33. The van der Waals surface area contributed by atoms with E-state index in [1.54, 1.807) is 39.0 Å². The third-order valence-electron chi connectivity index (χ3n) is 2.57. The first-order chi connectivity index (χ1) is 10.1. The quantitative estimate of drug-likeness (QED) is 0.830. The second-order valence-electron chi connectivity index (χ2n) is 5.68. The Morgan fingerprint density at radius 1 is 1.36 bits per heavy atom. The zero-order valence-electron chi connectivity index (χ0n) is 13.0. The van der Waals surface area contributed by atoms with Crippen LogP contribution in [0.15, 0.2) is 18.2 Å². The monoisotopic (exact) mass is 329 g/mol. The number of nitrogens with one attached hydrogen (secondary N) is 1. The first-order valence-electron chi connectivity index (χ1n) is 6.66. The van der Waals surface area contributed by atoms with Crippen LogP contribution in [0.1, 0.15) is 26.3 Å². The van der Waals surface area contributed by atoms with E-state index in [4.69, 9.17) is 16.3 Å². The third-order valence-corrected chi connectivity index (χ3v) is 2.90. The highest BCUT2D eigenvalue weighted by Crippen LogP contribution is 2.24. The lowest BCUT2D eigenvalue weighted by molar-refractivity contribution is -0.150. The maximum Gasteiger partial charge on any atom is 0.412 e. The molecule has 0 aliphatic rings. The predicted octanol–water partition coefficient (Wildman–Crippen LogP) is 2.76. The number of ether oxygens (including phenoxy) is 2. The van der Waals surface area contributed by atoms with E-state index in [0.29, 0.717) is 16.3 Å². The van der Waals surface area contributed by atoms with Gasteiger partial charge < -0.3 is 14.6 Å². The Hall–Kier alpha value is -1.79. The van der Waals surface area contributed by atoms with Crippen LogP contribution in [0.25, 0.3) is 0 Å². The standard InChI is InChI=1S/C15H20ClNO5/c1-15(2,3)22-14(20)17-11-7-9(5-6-10(11)16)8-12(18)13(19)21-4/h5-7,12,18H,8H2,1-4H3,(H,17,20). The van der Waals surface area contributed by atoms with Crippen LogP contribution in [-0.2, 0) is 20.7 Å². The molecule has 0 heterocycles. The van der Waals surface area contributed by atoms with Gasteiger partial charge in [0, 0.05) is 6.42 Å². The first kappa shape index (κ1) is 18.3. The molecular formula is C15H20ClNO5. The minimum absolute atomic E-state index is 0.0485. The molecule has 0 radical (unpaired) electrons. The number of anilines is 1. The van der Waals surface area contributed by atoms with Gasteiger partial charge in [0.25, 0.3) is 0 Å². The molecule has 0 bridgehead atoms. The van der Waals surface area contributed by atoms with Crippen molar-refractivity contribution in [3.05, 3.63) is 28.8 Å². The number of carbonyl (C=O) groups excluding carboxylic acids is 2. The molecule has 0 aromatic heterocycles. The second-order valence-corrected chi connectivity index (χ2v) is 6.09. The zero-order valence-corrected chi connectivity index (χ0v) is 13.7. The van der Waals surface area contributed by atoms with E-state index in [9.17, 15) is 14.7 Å². The van der Waals surface area contributed by atoms with Crippen LogP contribution in [-0.4, -0.2) is 36.0 Å². The minimum Gasteiger partial charge on any atom is -0.467 e. The molecule has 0 spiro atoms. The van der Waals surface area contributed by atoms with Crippen LogP contribution in [0.5, 0.6) is 0 Å². The van der Waals surface area contributed by atoms with Gasteiger partial charge in [0.05, 0.1) is 17.8 Å². The maximum absolute atomic E-state index is 11.8. The smallest absolute Gasteiger partial charge is 0.412 e. The van der Waals surface area contributed by atoms with Crippen molar-refractivity contribution in [2.24, 2.45) is 0 Å². The number of benzene rings is 1. The zero-order chi connectivity index (χ0) is 16.9. The largest absolute Gasteiger partial charge is 0.467 e. The molecular weight excluding hydrogens is 310 g/mol. The first-order valence-corrected chi connectivity index (χ1v) is 7.04. The summed E-state index contributed by atoms with van der Waals surface area (Å²) in [5.41, 5.74) is 0.328. The molecule has 0 aliphatic heterocycles. The lowest BCUT2D eigenvalue weighted by Gasteiger charge is -2.20. The van der Waals surface area contributed by atoms with Gasteiger partial charge in [-0.2, -0.15) is 0 Å². The number of carbonyl (C=O) groups is 2. The number of methoxy groups -OCH3 is 1. The van der Waals surface area contributed by atoms with Gasteiger partial charge in [-0.15, -0.1) is 0 Å². The van der Waals surface area contributed by atoms with E-state index in [0.717, 1.165) is 0 Å². The molecule has 0 aliphatic carbocycles. The van der Waals surface area contributed by atoms with Crippen molar-refractivity contribution in [1.29, 1.82) is 0 Å². The average Bonchev–Trinajstić information content (AvgIpc) is 2.39. The molecule has 1 amide bonds. The molecule has 1 rings (SSSR count). The number of amides is 1. The molecule has 6 nitrogen and oxygen atoms in total. The van der Waals surface area contributed by atoms with Crippen LogP contribution >= 0.6 is 11.6 Å². The van der Waals surface area contributed by atoms with Crippen molar-refractivity contribution in [2.45, 2.75) is 38.9 Å². The molecule has 1 unspecified atom stereocenters. The maximum atomic E-state index is 11.8. The summed E-state index contributed by atoms with van der Waals surface area (Å²) in [6.45, 7) is 5.24. The number of esters is 1. The van der Waals surface area contributed by atoms with Gasteiger partial charge >= 0.3 is 12.1 Å². The Bertz CT molecular complexity index is 553. The fourth-order valence-electron chi connectivity index (χ4n) is 1.65. The summed E-state index contributed by atoms with van der Waals surface area (Å²) in [7, 11) is 1.20. The normalized spacial score (nSPS) is 12.5. The van der Waals surface area contributed by atoms with E-state index in [2.05, 4.69) is 10.1 Å². The summed E-state index contributed by atoms with van der Waals surface area (Å²) in [6, 6.07) is 4.78. The molecule has 0 fully saturated rings. The van der Waals surface area contributed by atoms with Crippen molar-refractivity contribution in [3.63, 3.8) is 0 Å². The van der Waals surface area contributed by atoms with Gasteiger partial charge in [0.1, 0.15) is 5.60 Å². The Morgan fingerprint density at radius 3 is 2.55 bits per heavy atom. The van der Waals surface area contributed by atoms with Crippen molar-refractivity contribution < 1.29 is 24.2 Å². The summed E-state index contributed by atoms with van der Waals surface area (Å²) in [5, 5.41) is 12.5. The molecule has 1 atom stereocenters. The molecule has 22 heavy (non-hydrogen) atoms. The number of aliphatic hydroxyl groups excluding tert-OH is 1. The molecule has 7 heteroatoms. The van der Waals surface area contributed by atoms with Crippen molar-refractivity contribution in [2.75, 3.05) is 12.4 Å². The van der Waals surface area contributed by atoms with Gasteiger partial charge in [0.2, 0.25) is 0 Å². The van der Waals surface area contributed by atoms with Crippen molar-refractivity contribution in [1.82, 2.24) is 0 Å². The molecule has 2 N–H and O–H groups in total. The highest BCUT2D eigenvalue weighted by Gasteiger charge is 2.19. The second kappa shape index (κ2) is 7.47. The SMILES string of the molecule is COC(=O)C(O)Cc1ccc(Cl)c(NC(=O)OC(C)(C)C)c1. The van der Waals surface area contributed by atoms with E-state index >= 15 is 0 Å². The van der Waals surface area contributed by atoms with Gasteiger partial charge in [-0.05, 0) is 38.5 Å². The predicted molar refractivity (Wildman–Crippen MR) is 83.0 cm³/mol. The molecule has 122 valence electrons. The van der Waals surface area contributed by atoms with E-state index in [-0.39, 0.29) is 6.42 Å². The van der Waals surface area contributed by atoms with Crippen molar-refractivity contribution in [3.8, 4) is 0 Å². The number of rotatable bonds is 4. The number of hydrogen-bond acceptors (Lipinski definition) is 5. The summed E-state index contributed by atoms with van der Waals surface area (Å²) in [4.78, 5) is 23.0. The summed E-state index contributed by atoms with van der Waals surface area (Å²) in [6.07, 6.45) is -1.87. The Morgan fingerprint density at radius 2 is 2.00 bits per heavy atom. The highest BCUT2D eigenvalue weighted by atomic mass is 35.5. The Kier molecular flexibility index (Phi) is 6.20. The molecule has 1 aromatic carbocycles. The molecule has 0 saturated heterocycles. The minimum atomic E-state index is -1.28. The van der Waals surface area contributed by atoms with Crippen LogP contribution in [0.3, 0.4) is 0 Å². The lowest BCUT2D eigenvalue weighted by Crippen LogP contribution is -2.27. The average molecular weight is 330 g/mol. The van der Waals surface area contributed by atoms with Crippen LogP contribution < -0.4 is 5.32 Å². The summed E-state index contributed by atoms with van der Waals surface area (Å²) in [5.74, 6) is -0.725. The number of halogens is 1. The Balaban J connectivity index is 2.82. The topological polar surface area (TPSA) is 84.9 Å². The van der Waals surface area contributed by atoms with E-state index in [1.165, 1.54) is 7.11 Å². The van der Waals surface area contributed by atoms with Crippen LogP contribution in [0.4, 0.5) is 10.5 Å². The number of aliphatic hydroxyl groups is 1.